The number of allylic oxidation sites excluding steroid dienone is 1. The first kappa shape index (κ1) is 20.8. The highest BCUT2D eigenvalue weighted by Crippen LogP contribution is 2.64. The molecule has 0 aromatic heterocycles. The van der Waals surface area contributed by atoms with Crippen molar-refractivity contribution in [3.8, 4) is 0 Å². The Balaban J connectivity index is 1.53. The summed E-state index contributed by atoms with van der Waals surface area (Å²) in [6, 6.07) is 3.77. The van der Waals surface area contributed by atoms with Crippen LogP contribution in [0.5, 0.6) is 0 Å². The fourth-order valence-electron chi connectivity index (χ4n) is 7.85. The molecule has 0 saturated heterocycles. The van der Waals surface area contributed by atoms with Crippen LogP contribution in [0.1, 0.15) is 86.0 Å². The van der Waals surface area contributed by atoms with Crippen LogP contribution in [0, 0.1) is 28.6 Å². The van der Waals surface area contributed by atoms with Gasteiger partial charge in [0.05, 0.1) is 0 Å². The summed E-state index contributed by atoms with van der Waals surface area (Å²) < 4.78 is 6.91. The van der Waals surface area contributed by atoms with E-state index in [1.807, 2.05) is 0 Å². The number of rotatable bonds is 5. The van der Waals surface area contributed by atoms with Crippen molar-refractivity contribution in [1.29, 1.82) is 0 Å². The molecule has 3 heteroatoms. The topological polar surface area (TPSA) is 26.3 Å². The van der Waals surface area contributed by atoms with Gasteiger partial charge in [0.25, 0.3) is 0 Å². The van der Waals surface area contributed by atoms with E-state index in [0.29, 0.717) is 23.2 Å². The van der Waals surface area contributed by atoms with Crippen molar-refractivity contribution >= 4 is 14.1 Å². The number of fused-ring (bicyclic) bond motifs is 5. The highest BCUT2D eigenvalue weighted by Gasteiger charge is 2.58. The van der Waals surface area contributed by atoms with Crippen molar-refractivity contribution in [2.75, 3.05) is 0 Å². The standard InChI is InChI=1S/C25H42O2Si/c1-6-28(7-2,8-3)27-19-13-15-24(4)18(17-19)9-10-20-21-11-12-23(26)25(21,5)16-14-22(20)24/h9,19-22H,6-8,10-17H2,1-5H3/t19-,20-,21-,22-,24-,25-/m0/s1. The van der Waals surface area contributed by atoms with Crippen LogP contribution in [0.25, 0.3) is 0 Å². The number of hydrogen-bond acceptors (Lipinski definition) is 2. The molecule has 0 aliphatic heterocycles. The fourth-order valence-corrected chi connectivity index (χ4v) is 10.8. The molecular weight excluding hydrogens is 360 g/mol. The Bertz CT molecular complexity index is 643. The average molecular weight is 403 g/mol. The van der Waals surface area contributed by atoms with Gasteiger partial charge in [-0.1, -0.05) is 46.3 Å². The molecule has 4 rings (SSSR count). The average Bonchev–Trinajstić information content (AvgIpc) is 3.01. The van der Waals surface area contributed by atoms with Crippen molar-refractivity contribution in [1.82, 2.24) is 0 Å². The molecule has 0 aromatic rings. The lowest BCUT2D eigenvalue weighted by molar-refractivity contribution is -0.131. The third-order valence-electron chi connectivity index (χ3n) is 10.1. The van der Waals surface area contributed by atoms with Gasteiger partial charge in [-0.2, -0.15) is 0 Å². The molecule has 3 fully saturated rings. The van der Waals surface area contributed by atoms with Gasteiger partial charge >= 0.3 is 0 Å². The van der Waals surface area contributed by atoms with Crippen molar-refractivity contribution in [3.63, 3.8) is 0 Å². The van der Waals surface area contributed by atoms with Gasteiger partial charge in [0, 0.05) is 17.9 Å². The predicted octanol–water partition coefficient (Wildman–Crippen LogP) is 6.91. The Hall–Kier alpha value is -0.413. The number of Topliss-reactive ketones (excluding diaryl/α,β-unsaturated/α-hetero) is 1. The van der Waals surface area contributed by atoms with Crippen molar-refractivity contribution in [3.05, 3.63) is 11.6 Å². The maximum absolute atomic E-state index is 12.6. The largest absolute Gasteiger partial charge is 0.414 e. The van der Waals surface area contributed by atoms with Gasteiger partial charge in [0.15, 0.2) is 8.32 Å². The van der Waals surface area contributed by atoms with E-state index >= 15 is 0 Å². The van der Waals surface area contributed by atoms with Gasteiger partial charge in [-0.15, -0.1) is 0 Å². The lowest BCUT2D eigenvalue weighted by Crippen LogP contribution is -2.51. The zero-order valence-electron chi connectivity index (χ0n) is 19.0. The minimum atomic E-state index is -1.52. The molecule has 0 radical (unpaired) electrons. The number of ketones is 1. The van der Waals surface area contributed by atoms with Crippen molar-refractivity contribution in [2.45, 2.75) is 110 Å². The minimum absolute atomic E-state index is 0.00222. The first-order valence-electron chi connectivity index (χ1n) is 12.2. The summed E-state index contributed by atoms with van der Waals surface area (Å²) in [5.74, 6) is 2.74. The predicted molar refractivity (Wildman–Crippen MR) is 119 cm³/mol. The first-order valence-corrected chi connectivity index (χ1v) is 14.8. The van der Waals surface area contributed by atoms with Gasteiger partial charge in [0.2, 0.25) is 0 Å². The Kier molecular flexibility index (Phi) is 5.49. The second-order valence-corrected chi connectivity index (χ2v) is 15.6. The zero-order valence-corrected chi connectivity index (χ0v) is 20.0. The van der Waals surface area contributed by atoms with E-state index in [0.717, 1.165) is 31.1 Å². The summed E-state index contributed by atoms with van der Waals surface area (Å²) >= 11 is 0. The van der Waals surface area contributed by atoms with Gasteiger partial charge in [-0.3, -0.25) is 4.79 Å². The molecule has 0 amide bonds. The Morgan fingerprint density at radius 3 is 2.32 bits per heavy atom. The second kappa shape index (κ2) is 7.37. The third-order valence-corrected chi connectivity index (χ3v) is 14.8. The van der Waals surface area contributed by atoms with E-state index in [4.69, 9.17) is 4.43 Å². The van der Waals surface area contributed by atoms with Gasteiger partial charge in [-0.25, -0.2) is 0 Å². The van der Waals surface area contributed by atoms with Gasteiger partial charge in [0.1, 0.15) is 5.78 Å². The summed E-state index contributed by atoms with van der Waals surface area (Å²) in [5.41, 5.74) is 2.08. The van der Waals surface area contributed by atoms with E-state index in [1.54, 1.807) is 5.57 Å². The molecule has 0 spiro atoms. The Morgan fingerprint density at radius 2 is 1.64 bits per heavy atom. The smallest absolute Gasteiger partial charge is 0.192 e. The highest BCUT2D eigenvalue weighted by atomic mass is 28.4. The molecular formula is C25H42O2Si. The van der Waals surface area contributed by atoms with E-state index in [-0.39, 0.29) is 5.41 Å². The van der Waals surface area contributed by atoms with E-state index in [2.05, 4.69) is 40.7 Å². The Labute approximate surface area is 174 Å². The molecule has 4 aliphatic carbocycles. The SMILES string of the molecule is CC[Si](CC)(CC)O[C@H]1CC[C@@]2(C)C(=CC[C@@H]3[C@@H]2CC[C@]2(C)C(=O)CC[C@@H]32)C1. The molecule has 6 atom stereocenters. The molecule has 0 bridgehead atoms. The number of carbonyl (C=O) groups is 1. The van der Waals surface area contributed by atoms with Crippen LogP contribution in [0.4, 0.5) is 0 Å². The van der Waals surface area contributed by atoms with E-state index < -0.39 is 8.32 Å². The zero-order chi connectivity index (χ0) is 20.2. The lowest BCUT2D eigenvalue weighted by Gasteiger charge is -2.57. The van der Waals surface area contributed by atoms with Crippen LogP contribution in [-0.2, 0) is 9.22 Å². The molecule has 4 aliphatic rings. The summed E-state index contributed by atoms with van der Waals surface area (Å²) in [5, 5.41) is 0. The molecule has 0 aromatic carbocycles. The maximum atomic E-state index is 12.6. The van der Waals surface area contributed by atoms with E-state index in [1.165, 1.54) is 50.2 Å². The molecule has 0 heterocycles. The maximum Gasteiger partial charge on any atom is 0.192 e. The van der Waals surface area contributed by atoms with Crippen molar-refractivity contribution < 1.29 is 9.22 Å². The van der Waals surface area contributed by atoms with Gasteiger partial charge < -0.3 is 4.43 Å². The third kappa shape index (κ3) is 3.02. The molecule has 28 heavy (non-hydrogen) atoms. The summed E-state index contributed by atoms with van der Waals surface area (Å²) in [7, 11) is -1.52. The second-order valence-electron chi connectivity index (χ2n) is 10.9. The number of carbonyl (C=O) groups excluding carboxylic acids is 1. The number of hydrogen-bond donors (Lipinski definition) is 0. The summed E-state index contributed by atoms with van der Waals surface area (Å²) in [6.07, 6.45) is 12.4. The summed E-state index contributed by atoms with van der Waals surface area (Å²) in [6.45, 7) is 11.9. The highest BCUT2D eigenvalue weighted by molar-refractivity contribution is 6.73. The van der Waals surface area contributed by atoms with Crippen LogP contribution in [0.15, 0.2) is 11.6 Å². The molecule has 2 nitrogen and oxygen atoms in total. The van der Waals surface area contributed by atoms with Crippen LogP contribution < -0.4 is 0 Å². The normalized spacial score (nSPS) is 43.2. The molecule has 0 N–H and O–H groups in total. The minimum Gasteiger partial charge on any atom is -0.414 e. The monoisotopic (exact) mass is 402 g/mol. The molecule has 3 saturated carbocycles. The summed E-state index contributed by atoms with van der Waals surface area (Å²) in [4.78, 5) is 12.6. The van der Waals surface area contributed by atoms with Gasteiger partial charge in [-0.05, 0) is 86.2 Å². The Morgan fingerprint density at radius 1 is 1.00 bits per heavy atom. The van der Waals surface area contributed by atoms with Crippen LogP contribution >= 0.6 is 0 Å². The molecule has 0 unspecified atom stereocenters. The lowest BCUT2D eigenvalue weighted by atomic mass is 9.48. The van der Waals surface area contributed by atoms with Crippen LogP contribution in [0.2, 0.25) is 18.1 Å². The molecule has 158 valence electrons. The van der Waals surface area contributed by atoms with Crippen LogP contribution in [-0.4, -0.2) is 20.2 Å². The quantitative estimate of drug-likeness (QED) is 0.369. The van der Waals surface area contributed by atoms with Crippen LogP contribution in [0.3, 0.4) is 0 Å². The fraction of sp³-hybridized carbons (Fsp3) is 0.880. The van der Waals surface area contributed by atoms with E-state index in [9.17, 15) is 4.79 Å². The van der Waals surface area contributed by atoms with Crippen molar-refractivity contribution in [2.24, 2.45) is 28.6 Å². The first-order chi connectivity index (χ1) is 13.3.